The molecule has 0 heterocycles. The van der Waals surface area contributed by atoms with Crippen LogP contribution in [0, 0.1) is 11.8 Å². The third kappa shape index (κ3) is 8.04. The minimum absolute atomic E-state index is 0.229. The average Bonchev–Trinajstić information content (AvgIpc) is 2.22. The fourth-order valence-electron chi connectivity index (χ4n) is 0.899. The highest BCUT2D eigenvalue weighted by molar-refractivity contribution is 5.66. The second-order valence-corrected chi connectivity index (χ2v) is 2.92. The van der Waals surface area contributed by atoms with Gasteiger partial charge in [-0.05, 0) is 19.9 Å². The fraction of sp³-hybridized carbons (Fsp3) is 0.583. The Labute approximate surface area is 96.6 Å². The summed E-state index contributed by atoms with van der Waals surface area (Å²) >= 11 is 0. The molecule has 0 amide bonds. The molecule has 0 spiro atoms. The Morgan fingerprint density at radius 3 is 2.69 bits per heavy atom. The summed E-state index contributed by atoms with van der Waals surface area (Å²) in [6.07, 6.45) is 0.596. The maximum absolute atomic E-state index is 10.7. The summed E-state index contributed by atoms with van der Waals surface area (Å²) in [5.41, 5.74) is 0. The second-order valence-electron chi connectivity index (χ2n) is 2.92. The standard InChI is InChI=1S/C12H18O4/c1-5-12(16-10(3)13)8-7-9-15-11(4)14-6-2/h5,11-12H,1,6,9H2,2-4H3. The first-order valence-corrected chi connectivity index (χ1v) is 5.11. The molecular formula is C12H18O4. The average molecular weight is 226 g/mol. The zero-order valence-corrected chi connectivity index (χ0v) is 9.99. The van der Waals surface area contributed by atoms with Crippen molar-refractivity contribution in [3.63, 3.8) is 0 Å². The van der Waals surface area contributed by atoms with Crippen LogP contribution in [-0.4, -0.2) is 31.6 Å². The molecule has 0 N–H and O–H groups in total. The van der Waals surface area contributed by atoms with Gasteiger partial charge in [0.1, 0.15) is 6.61 Å². The summed E-state index contributed by atoms with van der Waals surface area (Å²) in [5.74, 6) is 5.05. The van der Waals surface area contributed by atoms with E-state index in [1.54, 1.807) is 6.92 Å². The molecule has 0 saturated carbocycles. The van der Waals surface area contributed by atoms with E-state index in [0.29, 0.717) is 6.61 Å². The second kappa shape index (κ2) is 8.96. The van der Waals surface area contributed by atoms with Crippen LogP contribution in [0.2, 0.25) is 0 Å². The summed E-state index contributed by atoms with van der Waals surface area (Å²) in [6, 6.07) is 0. The van der Waals surface area contributed by atoms with Gasteiger partial charge >= 0.3 is 5.97 Å². The Morgan fingerprint density at radius 2 is 2.19 bits per heavy atom. The molecule has 0 saturated heterocycles. The third-order valence-corrected chi connectivity index (χ3v) is 1.54. The largest absolute Gasteiger partial charge is 0.445 e. The predicted molar refractivity (Wildman–Crippen MR) is 60.6 cm³/mol. The van der Waals surface area contributed by atoms with E-state index in [-0.39, 0.29) is 18.9 Å². The lowest BCUT2D eigenvalue weighted by molar-refractivity contribution is -0.142. The van der Waals surface area contributed by atoms with Crippen molar-refractivity contribution in [2.24, 2.45) is 0 Å². The van der Waals surface area contributed by atoms with Gasteiger partial charge in [-0.25, -0.2) is 0 Å². The van der Waals surface area contributed by atoms with E-state index in [1.165, 1.54) is 13.0 Å². The third-order valence-electron chi connectivity index (χ3n) is 1.54. The highest BCUT2D eigenvalue weighted by atomic mass is 16.7. The molecule has 0 aromatic rings. The Hall–Kier alpha value is -1.31. The number of carbonyl (C=O) groups is 1. The van der Waals surface area contributed by atoms with E-state index >= 15 is 0 Å². The maximum Gasteiger partial charge on any atom is 0.304 e. The zero-order valence-electron chi connectivity index (χ0n) is 9.99. The monoisotopic (exact) mass is 226 g/mol. The summed E-state index contributed by atoms with van der Waals surface area (Å²) < 4.78 is 15.2. The number of carbonyl (C=O) groups excluding carboxylic acids is 1. The summed E-state index contributed by atoms with van der Waals surface area (Å²) in [6.45, 7) is 9.34. The molecule has 0 aliphatic heterocycles. The smallest absolute Gasteiger partial charge is 0.304 e. The molecule has 0 radical (unpaired) electrons. The number of ether oxygens (including phenoxy) is 3. The Morgan fingerprint density at radius 1 is 1.50 bits per heavy atom. The molecule has 0 aromatic carbocycles. The number of rotatable bonds is 6. The van der Waals surface area contributed by atoms with Crippen LogP contribution in [0.15, 0.2) is 12.7 Å². The first-order chi connectivity index (χ1) is 7.60. The fourth-order valence-corrected chi connectivity index (χ4v) is 0.899. The molecule has 0 bridgehead atoms. The molecule has 2 unspecified atom stereocenters. The molecular weight excluding hydrogens is 208 g/mol. The van der Waals surface area contributed by atoms with Gasteiger partial charge in [0.2, 0.25) is 0 Å². The van der Waals surface area contributed by atoms with Crippen molar-refractivity contribution in [3.05, 3.63) is 12.7 Å². The van der Waals surface area contributed by atoms with E-state index in [2.05, 4.69) is 18.4 Å². The molecule has 0 fully saturated rings. The van der Waals surface area contributed by atoms with Crippen LogP contribution in [0.3, 0.4) is 0 Å². The van der Waals surface area contributed by atoms with E-state index in [9.17, 15) is 4.79 Å². The highest BCUT2D eigenvalue weighted by Gasteiger charge is 2.02. The van der Waals surface area contributed by atoms with Crippen LogP contribution >= 0.6 is 0 Å². The van der Waals surface area contributed by atoms with Crippen molar-refractivity contribution in [3.8, 4) is 11.8 Å². The molecule has 4 nitrogen and oxygen atoms in total. The van der Waals surface area contributed by atoms with Crippen molar-refractivity contribution in [1.29, 1.82) is 0 Å². The van der Waals surface area contributed by atoms with Gasteiger partial charge in [0.15, 0.2) is 12.4 Å². The Bertz CT molecular complexity index is 274. The minimum atomic E-state index is -0.580. The van der Waals surface area contributed by atoms with Crippen LogP contribution < -0.4 is 0 Å². The van der Waals surface area contributed by atoms with Gasteiger partial charge in [-0.3, -0.25) is 4.79 Å². The minimum Gasteiger partial charge on any atom is -0.445 e. The molecule has 0 rings (SSSR count). The first kappa shape index (κ1) is 14.7. The molecule has 0 aliphatic rings. The van der Waals surface area contributed by atoms with Crippen LogP contribution in [0.25, 0.3) is 0 Å². The van der Waals surface area contributed by atoms with Crippen molar-refractivity contribution in [2.45, 2.75) is 33.2 Å². The number of esters is 1. The molecule has 0 aromatic heterocycles. The van der Waals surface area contributed by atoms with Gasteiger partial charge in [0.05, 0.1) is 0 Å². The lowest BCUT2D eigenvalue weighted by atomic mass is 10.3. The van der Waals surface area contributed by atoms with Gasteiger partial charge in [0, 0.05) is 13.5 Å². The highest BCUT2D eigenvalue weighted by Crippen LogP contribution is 1.94. The van der Waals surface area contributed by atoms with Gasteiger partial charge in [-0.2, -0.15) is 0 Å². The van der Waals surface area contributed by atoms with Crippen molar-refractivity contribution >= 4 is 5.97 Å². The molecule has 16 heavy (non-hydrogen) atoms. The van der Waals surface area contributed by atoms with E-state index in [4.69, 9.17) is 14.2 Å². The number of hydrogen-bond acceptors (Lipinski definition) is 4. The lowest BCUT2D eigenvalue weighted by Gasteiger charge is -2.09. The quantitative estimate of drug-likeness (QED) is 0.298. The topological polar surface area (TPSA) is 44.8 Å². The zero-order chi connectivity index (χ0) is 12.4. The Balaban J connectivity index is 3.88. The van der Waals surface area contributed by atoms with Crippen LogP contribution in [-0.2, 0) is 19.0 Å². The maximum atomic E-state index is 10.7. The first-order valence-electron chi connectivity index (χ1n) is 5.11. The SMILES string of the molecule is C=CC(C#CCOC(C)OCC)OC(C)=O. The predicted octanol–water partition coefficient (Wildman–Crippen LogP) is 1.51. The van der Waals surface area contributed by atoms with Crippen molar-refractivity contribution in [2.75, 3.05) is 13.2 Å². The van der Waals surface area contributed by atoms with Crippen molar-refractivity contribution in [1.82, 2.24) is 0 Å². The van der Waals surface area contributed by atoms with Crippen LogP contribution in [0.4, 0.5) is 0 Å². The normalized spacial score (nSPS) is 13.2. The van der Waals surface area contributed by atoms with Gasteiger partial charge in [0.25, 0.3) is 0 Å². The molecule has 4 heteroatoms. The summed E-state index contributed by atoms with van der Waals surface area (Å²) in [5, 5.41) is 0. The van der Waals surface area contributed by atoms with Crippen molar-refractivity contribution < 1.29 is 19.0 Å². The summed E-state index contributed by atoms with van der Waals surface area (Å²) in [4.78, 5) is 10.7. The van der Waals surface area contributed by atoms with E-state index in [1.807, 2.05) is 6.92 Å². The van der Waals surface area contributed by atoms with E-state index < -0.39 is 6.10 Å². The molecule has 2 atom stereocenters. The van der Waals surface area contributed by atoms with E-state index in [0.717, 1.165) is 0 Å². The summed E-state index contributed by atoms with van der Waals surface area (Å²) in [7, 11) is 0. The molecule has 0 aliphatic carbocycles. The lowest BCUT2D eigenvalue weighted by Crippen LogP contribution is -2.14. The van der Waals surface area contributed by atoms with Gasteiger partial charge in [-0.1, -0.05) is 18.4 Å². The van der Waals surface area contributed by atoms with Crippen LogP contribution in [0.5, 0.6) is 0 Å². The Kier molecular flexibility index (Phi) is 8.22. The van der Waals surface area contributed by atoms with Gasteiger partial charge in [-0.15, -0.1) is 0 Å². The molecule has 90 valence electrons. The number of hydrogen-bond donors (Lipinski definition) is 0. The van der Waals surface area contributed by atoms with Crippen LogP contribution in [0.1, 0.15) is 20.8 Å². The van der Waals surface area contributed by atoms with Gasteiger partial charge < -0.3 is 14.2 Å².